The maximum absolute atomic E-state index is 13.1. The summed E-state index contributed by atoms with van der Waals surface area (Å²) in [7, 11) is 1.59. The van der Waals surface area contributed by atoms with Gasteiger partial charge < -0.3 is 14.6 Å². The Bertz CT molecular complexity index is 1210. The van der Waals surface area contributed by atoms with Crippen LogP contribution in [-0.4, -0.2) is 23.4 Å². The minimum absolute atomic E-state index is 0.0931. The second-order valence-electron chi connectivity index (χ2n) is 7.05. The number of methoxy groups -OCH3 is 1. The molecule has 1 amide bonds. The van der Waals surface area contributed by atoms with Gasteiger partial charge in [0.05, 0.1) is 18.4 Å². The molecular formula is C24H19ClN2O4S. The van der Waals surface area contributed by atoms with Crippen LogP contribution in [0.15, 0.2) is 71.6 Å². The molecule has 1 aliphatic heterocycles. The Balaban J connectivity index is 1.54. The maximum Gasteiger partial charge on any atom is 0.251 e. The molecular weight excluding hydrogens is 448 g/mol. The number of ether oxygens (including phenoxy) is 1. The van der Waals surface area contributed by atoms with Crippen LogP contribution in [0.4, 0.5) is 5.69 Å². The molecule has 0 radical (unpaired) electrons. The Morgan fingerprint density at radius 3 is 2.66 bits per heavy atom. The first-order chi connectivity index (χ1) is 15.4. The Hall–Kier alpha value is -3.26. The van der Waals surface area contributed by atoms with Gasteiger partial charge in [0.25, 0.3) is 5.91 Å². The molecule has 6 nitrogen and oxygen atoms in total. The molecule has 3 aromatic rings. The number of anilines is 1. The first-order valence-corrected chi connectivity index (χ1v) is 11.2. The lowest BCUT2D eigenvalue weighted by atomic mass is 10.0. The molecule has 0 spiro atoms. The summed E-state index contributed by atoms with van der Waals surface area (Å²) in [5.41, 5.74) is 2.62. The highest BCUT2D eigenvalue weighted by atomic mass is 35.5. The van der Waals surface area contributed by atoms with Gasteiger partial charge in [0, 0.05) is 23.2 Å². The Kier molecular flexibility index (Phi) is 6.50. The van der Waals surface area contributed by atoms with Gasteiger partial charge >= 0.3 is 0 Å². The molecule has 0 fully saturated rings. The van der Waals surface area contributed by atoms with E-state index < -0.39 is 17.1 Å². The van der Waals surface area contributed by atoms with Gasteiger partial charge in [-0.1, -0.05) is 35.9 Å². The zero-order valence-electron chi connectivity index (χ0n) is 17.1. The van der Waals surface area contributed by atoms with Gasteiger partial charge in [-0.25, -0.2) is 4.72 Å². The molecule has 1 atom stereocenters. The van der Waals surface area contributed by atoms with Crippen molar-refractivity contribution in [1.29, 1.82) is 0 Å². The number of nitrogens with one attached hydrogen (secondary N) is 2. The lowest BCUT2D eigenvalue weighted by molar-refractivity contribution is 0.0951. The topological polar surface area (TPSA) is 90.5 Å². The normalized spacial score (nSPS) is 16.3. The van der Waals surface area contributed by atoms with E-state index in [4.69, 9.17) is 16.3 Å². The van der Waals surface area contributed by atoms with Crippen LogP contribution in [0.3, 0.4) is 0 Å². The number of hydrogen-bond acceptors (Lipinski definition) is 5. The number of amides is 1. The summed E-state index contributed by atoms with van der Waals surface area (Å²) in [6.45, 7) is 0.329. The van der Waals surface area contributed by atoms with Crippen LogP contribution in [-0.2, 0) is 17.9 Å². The van der Waals surface area contributed by atoms with E-state index in [9.17, 15) is 14.1 Å². The second-order valence-corrected chi connectivity index (χ2v) is 8.67. The average molecular weight is 467 g/mol. The van der Waals surface area contributed by atoms with Crippen LogP contribution in [0.2, 0.25) is 5.02 Å². The number of hydrogen-bond donors (Lipinski definition) is 2. The van der Waals surface area contributed by atoms with Gasteiger partial charge in [0.1, 0.15) is 17.1 Å². The van der Waals surface area contributed by atoms with Crippen molar-refractivity contribution in [1.82, 2.24) is 5.32 Å². The van der Waals surface area contributed by atoms with E-state index in [0.717, 1.165) is 11.3 Å². The third-order valence-corrected chi connectivity index (χ3v) is 6.25. The molecule has 2 N–H and O–H groups in total. The van der Waals surface area contributed by atoms with Gasteiger partial charge in [0.2, 0.25) is 10.7 Å². The van der Waals surface area contributed by atoms with Crippen molar-refractivity contribution in [2.45, 2.75) is 6.54 Å². The highest BCUT2D eigenvalue weighted by Gasteiger charge is 2.34. The number of halogens is 1. The molecule has 162 valence electrons. The van der Waals surface area contributed by atoms with E-state index >= 15 is 0 Å². The minimum atomic E-state index is -1.72. The summed E-state index contributed by atoms with van der Waals surface area (Å²) in [6, 6.07) is 19.0. The number of benzene rings is 3. The first-order valence-electron chi connectivity index (χ1n) is 9.70. The zero-order chi connectivity index (χ0) is 22.7. The summed E-state index contributed by atoms with van der Waals surface area (Å²) in [4.78, 5) is 25.8. The number of allylic oxidation sites excluding steroid dienone is 1. The molecule has 1 unspecified atom stereocenters. The summed E-state index contributed by atoms with van der Waals surface area (Å²) in [5, 5.41) is 3.35. The van der Waals surface area contributed by atoms with Gasteiger partial charge in [-0.15, -0.1) is 0 Å². The minimum Gasteiger partial charge on any atom is -0.588 e. The van der Waals surface area contributed by atoms with Gasteiger partial charge in [-0.3, -0.25) is 9.59 Å². The molecule has 3 aromatic carbocycles. The Morgan fingerprint density at radius 1 is 1.16 bits per heavy atom. The highest BCUT2D eigenvalue weighted by Crippen LogP contribution is 2.31. The molecule has 4 rings (SSSR count). The van der Waals surface area contributed by atoms with Crippen molar-refractivity contribution < 1.29 is 18.9 Å². The van der Waals surface area contributed by atoms with Crippen LogP contribution in [0, 0.1) is 0 Å². The SMILES string of the molecule is COc1ccc(CNC(=O)c2ccc3c(c2)C(=O)/C(=C\c2cccc(Cl)c2)[S+]([O-])N3)cc1. The molecule has 0 saturated carbocycles. The molecule has 32 heavy (non-hydrogen) atoms. The maximum atomic E-state index is 13.1. The predicted octanol–water partition coefficient (Wildman–Crippen LogP) is 4.59. The average Bonchev–Trinajstić information content (AvgIpc) is 2.80. The third kappa shape index (κ3) is 4.80. The fourth-order valence-corrected chi connectivity index (χ4v) is 4.44. The van der Waals surface area contributed by atoms with E-state index in [2.05, 4.69) is 10.0 Å². The summed E-state index contributed by atoms with van der Waals surface area (Å²) in [6.07, 6.45) is 1.54. The Morgan fingerprint density at radius 2 is 1.94 bits per heavy atom. The predicted molar refractivity (Wildman–Crippen MR) is 126 cm³/mol. The number of carbonyl (C=O) groups is 2. The van der Waals surface area contributed by atoms with Gasteiger partial charge in [0.15, 0.2) is 0 Å². The molecule has 1 heterocycles. The summed E-state index contributed by atoms with van der Waals surface area (Å²) < 4.78 is 20.5. The lowest BCUT2D eigenvalue weighted by Crippen LogP contribution is -2.28. The third-order valence-electron chi connectivity index (χ3n) is 4.91. The van der Waals surface area contributed by atoms with Crippen LogP contribution >= 0.6 is 11.6 Å². The number of Topliss-reactive ketones (excluding diaryl/α,β-unsaturated/α-hetero) is 1. The van der Waals surface area contributed by atoms with Gasteiger partial charge in [-0.05, 0) is 53.6 Å². The lowest BCUT2D eigenvalue weighted by Gasteiger charge is -2.21. The van der Waals surface area contributed by atoms with Crippen LogP contribution in [0.1, 0.15) is 31.8 Å². The molecule has 0 aliphatic carbocycles. The first kappa shape index (κ1) is 22.0. The molecule has 0 bridgehead atoms. The number of fused-ring (bicyclic) bond motifs is 1. The standard InChI is InChI=1S/C24H19ClN2O4S/c1-31-19-8-5-15(6-9-19)14-26-24(29)17-7-10-21-20(13-17)23(28)22(32(30)27-21)12-16-3-2-4-18(25)11-16/h2-13,27H,14H2,1H3,(H,26,29)/b22-12+. The van der Waals surface area contributed by atoms with Gasteiger partial charge in [-0.2, -0.15) is 0 Å². The number of ketones is 1. The van der Waals surface area contributed by atoms with Crippen molar-refractivity contribution >= 4 is 46.4 Å². The van der Waals surface area contributed by atoms with Crippen molar-refractivity contribution in [2.75, 3.05) is 11.8 Å². The second kappa shape index (κ2) is 9.48. The quantitative estimate of drug-likeness (QED) is 0.424. The highest BCUT2D eigenvalue weighted by molar-refractivity contribution is 7.97. The fraction of sp³-hybridized carbons (Fsp3) is 0.0833. The monoisotopic (exact) mass is 466 g/mol. The summed E-state index contributed by atoms with van der Waals surface area (Å²) in [5.74, 6) is 0.0187. The van der Waals surface area contributed by atoms with Crippen molar-refractivity contribution in [3.8, 4) is 5.75 Å². The largest absolute Gasteiger partial charge is 0.588 e. The number of carbonyl (C=O) groups excluding carboxylic acids is 2. The van der Waals surface area contributed by atoms with E-state index in [1.165, 1.54) is 12.1 Å². The number of rotatable bonds is 5. The smallest absolute Gasteiger partial charge is 0.251 e. The van der Waals surface area contributed by atoms with E-state index in [-0.39, 0.29) is 16.4 Å². The van der Waals surface area contributed by atoms with E-state index in [1.807, 2.05) is 24.3 Å². The molecule has 8 heteroatoms. The molecule has 0 aromatic heterocycles. The van der Waals surface area contributed by atoms with Crippen LogP contribution in [0.25, 0.3) is 6.08 Å². The Labute approximate surface area is 193 Å². The van der Waals surface area contributed by atoms with Crippen LogP contribution < -0.4 is 14.8 Å². The van der Waals surface area contributed by atoms with Crippen molar-refractivity contribution in [3.05, 3.63) is 98.9 Å². The fourth-order valence-electron chi connectivity index (χ4n) is 3.23. The van der Waals surface area contributed by atoms with E-state index in [0.29, 0.717) is 28.4 Å². The summed E-state index contributed by atoms with van der Waals surface area (Å²) >= 11 is 4.29. The van der Waals surface area contributed by atoms with E-state index in [1.54, 1.807) is 43.5 Å². The molecule has 1 aliphatic rings. The van der Waals surface area contributed by atoms with Crippen LogP contribution in [0.5, 0.6) is 5.75 Å². The van der Waals surface area contributed by atoms with Crippen molar-refractivity contribution in [2.24, 2.45) is 0 Å². The van der Waals surface area contributed by atoms with Crippen molar-refractivity contribution in [3.63, 3.8) is 0 Å². The zero-order valence-corrected chi connectivity index (χ0v) is 18.6. The molecule has 0 saturated heterocycles.